The lowest BCUT2D eigenvalue weighted by atomic mass is 10.0. The summed E-state index contributed by atoms with van der Waals surface area (Å²) in [4.78, 5) is 24.9. The predicted molar refractivity (Wildman–Crippen MR) is 119 cm³/mol. The Morgan fingerprint density at radius 1 is 1.00 bits per heavy atom. The number of hydrogen-bond acceptors (Lipinski definition) is 6. The molecule has 1 atom stereocenters. The molecule has 6 heteroatoms. The maximum Gasteiger partial charge on any atom is 0.347 e. The SMILES string of the molecule is CC(C)COC(=O)[C@@H](C)Oc1ccc2c(=O)c(Oc3ccccc3C(C)C)coc2c1. The van der Waals surface area contributed by atoms with Crippen LogP contribution in [0.15, 0.2) is 57.9 Å². The van der Waals surface area contributed by atoms with Crippen LogP contribution in [-0.2, 0) is 9.53 Å². The second kappa shape index (κ2) is 9.69. The molecule has 6 nitrogen and oxygen atoms in total. The third-order valence-corrected chi connectivity index (χ3v) is 4.68. The summed E-state index contributed by atoms with van der Waals surface area (Å²) in [6, 6.07) is 12.4. The van der Waals surface area contributed by atoms with Crippen molar-refractivity contribution >= 4 is 16.9 Å². The summed E-state index contributed by atoms with van der Waals surface area (Å²) in [7, 11) is 0. The van der Waals surface area contributed by atoms with E-state index in [2.05, 4.69) is 13.8 Å². The van der Waals surface area contributed by atoms with E-state index in [0.29, 0.717) is 29.1 Å². The van der Waals surface area contributed by atoms with E-state index in [-0.39, 0.29) is 23.0 Å². The van der Waals surface area contributed by atoms with Crippen molar-refractivity contribution < 1.29 is 23.4 Å². The molecule has 0 aliphatic carbocycles. The number of rotatable bonds is 8. The first kappa shape index (κ1) is 22.4. The minimum Gasteiger partial charge on any atom is -0.479 e. The van der Waals surface area contributed by atoms with Crippen molar-refractivity contribution in [1.82, 2.24) is 0 Å². The Bertz CT molecular complexity index is 1110. The van der Waals surface area contributed by atoms with Crippen LogP contribution in [0.25, 0.3) is 11.0 Å². The summed E-state index contributed by atoms with van der Waals surface area (Å²) in [5.74, 6) is 1.19. The number of fused-ring (bicyclic) bond motifs is 1. The lowest BCUT2D eigenvalue weighted by Gasteiger charge is -2.15. The van der Waals surface area contributed by atoms with Gasteiger partial charge in [0.1, 0.15) is 23.3 Å². The van der Waals surface area contributed by atoms with Crippen LogP contribution in [0.1, 0.15) is 46.1 Å². The Morgan fingerprint density at radius 3 is 2.45 bits per heavy atom. The Morgan fingerprint density at radius 2 is 1.74 bits per heavy atom. The van der Waals surface area contributed by atoms with Crippen LogP contribution in [0.3, 0.4) is 0 Å². The van der Waals surface area contributed by atoms with Crippen LogP contribution in [-0.4, -0.2) is 18.7 Å². The number of ether oxygens (including phenoxy) is 3. The van der Waals surface area contributed by atoms with E-state index in [1.165, 1.54) is 6.26 Å². The molecule has 0 bridgehead atoms. The van der Waals surface area contributed by atoms with Crippen molar-refractivity contribution in [1.29, 1.82) is 0 Å². The number of hydrogen-bond donors (Lipinski definition) is 0. The molecule has 0 saturated carbocycles. The smallest absolute Gasteiger partial charge is 0.347 e. The highest BCUT2D eigenvalue weighted by molar-refractivity contribution is 5.79. The van der Waals surface area contributed by atoms with E-state index in [0.717, 1.165) is 5.56 Å². The first-order valence-electron chi connectivity index (χ1n) is 10.4. The number of esters is 1. The van der Waals surface area contributed by atoms with Crippen molar-refractivity contribution in [2.45, 2.75) is 46.6 Å². The maximum absolute atomic E-state index is 12.9. The highest BCUT2D eigenvalue weighted by Crippen LogP contribution is 2.30. The van der Waals surface area contributed by atoms with Crippen molar-refractivity contribution in [2.24, 2.45) is 5.92 Å². The molecule has 0 fully saturated rings. The maximum atomic E-state index is 12.9. The Balaban J connectivity index is 1.80. The fourth-order valence-corrected chi connectivity index (χ4v) is 3.02. The van der Waals surface area contributed by atoms with Crippen LogP contribution < -0.4 is 14.9 Å². The van der Waals surface area contributed by atoms with Gasteiger partial charge in [-0.25, -0.2) is 4.79 Å². The second-order valence-corrected chi connectivity index (χ2v) is 8.17. The number of para-hydroxylation sites is 1. The number of carbonyl (C=O) groups is 1. The van der Waals surface area contributed by atoms with Crippen LogP contribution in [0, 0.1) is 5.92 Å². The van der Waals surface area contributed by atoms with Gasteiger partial charge >= 0.3 is 5.97 Å². The highest BCUT2D eigenvalue weighted by atomic mass is 16.6. The molecule has 31 heavy (non-hydrogen) atoms. The fourth-order valence-electron chi connectivity index (χ4n) is 3.02. The molecule has 3 aromatic rings. The monoisotopic (exact) mass is 424 g/mol. The van der Waals surface area contributed by atoms with Crippen LogP contribution in [0.5, 0.6) is 17.2 Å². The van der Waals surface area contributed by atoms with E-state index in [1.807, 2.05) is 38.1 Å². The van der Waals surface area contributed by atoms with Gasteiger partial charge < -0.3 is 18.6 Å². The first-order valence-corrected chi connectivity index (χ1v) is 10.4. The van der Waals surface area contributed by atoms with Gasteiger partial charge in [-0.2, -0.15) is 0 Å². The van der Waals surface area contributed by atoms with Gasteiger partial charge in [-0.15, -0.1) is 0 Å². The molecule has 0 spiro atoms. The molecule has 0 aliphatic rings. The van der Waals surface area contributed by atoms with Crippen LogP contribution in [0.4, 0.5) is 0 Å². The average Bonchev–Trinajstić information content (AvgIpc) is 2.74. The summed E-state index contributed by atoms with van der Waals surface area (Å²) in [5, 5.41) is 0.363. The minimum atomic E-state index is -0.780. The fraction of sp³-hybridized carbons (Fsp3) is 0.360. The van der Waals surface area contributed by atoms with Crippen molar-refractivity contribution in [2.75, 3.05) is 6.61 Å². The van der Waals surface area contributed by atoms with Crippen molar-refractivity contribution in [3.63, 3.8) is 0 Å². The van der Waals surface area contributed by atoms with Gasteiger partial charge in [-0.05, 0) is 42.5 Å². The molecular formula is C25H28O6. The van der Waals surface area contributed by atoms with Gasteiger partial charge in [0.25, 0.3) is 0 Å². The zero-order valence-corrected chi connectivity index (χ0v) is 18.5. The Hall–Kier alpha value is -3.28. The predicted octanol–water partition coefficient (Wildman–Crippen LogP) is 5.68. The highest BCUT2D eigenvalue weighted by Gasteiger charge is 2.18. The summed E-state index contributed by atoms with van der Waals surface area (Å²) < 4.78 is 22.4. The normalized spacial score (nSPS) is 12.2. The molecule has 0 N–H and O–H groups in total. The van der Waals surface area contributed by atoms with Gasteiger partial charge in [-0.3, -0.25) is 4.79 Å². The standard InChI is InChI=1S/C25H28O6/c1-15(2)13-29-25(27)17(5)30-18-10-11-20-22(12-18)28-14-23(24(20)26)31-21-9-7-6-8-19(21)16(3)4/h6-12,14-17H,13H2,1-5H3/t17-/m1/s1. The summed E-state index contributed by atoms with van der Waals surface area (Å²) >= 11 is 0. The van der Waals surface area contributed by atoms with Crippen molar-refractivity contribution in [3.8, 4) is 17.2 Å². The largest absolute Gasteiger partial charge is 0.479 e. The first-order chi connectivity index (χ1) is 14.8. The van der Waals surface area contributed by atoms with Gasteiger partial charge in [0.15, 0.2) is 6.10 Å². The Labute approximate surface area is 181 Å². The summed E-state index contributed by atoms with van der Waals surface area (Å²) in [6.07, 6.45) is 0.518. The second-order valence-electron chi connectivity index (χ2n) is 8.17. The number of benzene rings is 2. The van der Waals surface area contributed by atoms with E-state index < -0.39 is 12.1 Å². The molecule has 0 aliphatic heterocycles. The lowest BCUT2D eigenvalue weighted by molar-refractivity contribution is -0.152. The topological polar surface area (TPSA) is 75.0 Å². The molecule has 1 heterocycles. The third kappa shape index (κ3) is 5.45. The summed E-state index contributed by atoms with van der Waals surface area (Å²) in [6.45, 7) is 10.00. The van der Waals surface area contributed by atoms with Crippen LogP contribution >= 0.6 is 0 Å². The molecule has 164 valence electrons. The molecule has 3 rings (SSSR count). The molecule has 0 saturated heterocycles. The van der Waals surface area contributed by atoms with Gasteiger partial charge in [0.2, 0.25) is 11.2 Å². The molecule has 0 amide bonds. The Kier molecular flexibility index (Phi) is 7.00. The average molecular weight is 424 g/mol. The van der Waals surface area contributed by atoms with Gasteiger partial charge in [0, 0.05) is 6.07 Å². The molecule has 1 aromatic heterocycles. The molecule has 0 unspecified atom stereocenters. The zero-order chi connectivity index (χ0) is 22.5. The third-order valence-electron chi connectivity index (χ3n) is 4.68. The lowest BCUT2D eigenvalue weighted by Crippen LogP contribution is -2.27. The zero-order valence-electron chi connectivity index (χ0n) is 18.5. The summed E-state index contributed by atoms with van der Waals surface area (Å²) in [5.41, 5.74) is 1.06. The van der Waals surface area contributed by atoms with E-state index in [1.54, 1.807) is 25.1 Å². The van der Waals surface area contributed by atoms with Gasteiger partial charge in [-0.1, -0.05) is 45.9 Å². The van der Waals surface area contributed by atoms with Crippen LogP contribution in [0.2, 0.25) is 0 Å². The van der Waals surface area contributed by atoms with Gasteiger partial charge in [0.05, 0.1) is 12.0 Å². The number of carbonyl (C=O) groups excluding carboxylic acids is 1. The van der Waals surface area contributed by atoms with E-state index in [4.69, 9.17) is 18.6 Å². The molecule has 2 aromatic carbocycles. The van der Waals surface area contributed by atoms with E-state index >= 15 is 0 Å². The molecule has 0 radical (unpaired) electrons. The minimum absolute atomic E-state index is 0.111. The quantitative estimate of drug-likeness (QED) is 0.433. The molecular weight excluding hydrogens is 396 g/mol. The van der Waals surface area contributed by atoms with Crippen molar-refractivity contribution in [3.05, 3.63) is 64.5 Å². The van der Waals surface area contributed by atoms with E-state index in [9.17, 15) is 9.59 Å².